The van der Waals surface area contributed by atoms with Crippen molar-refractivity contribution in [3.63, 3.8) is 0 Å². The SMILES string of the molecule is CC(C)COC(=O)Cn1c2c(c3c(Br)cccc31)CCNCC2. The average molecular weight is 379 g/mol. The van der Waals surface area contributed by atoms with E-state index in [2.05, 4.69) is 37.9 Å². The summed E-state index contributed by atoms with van der Waals surface area (Å²) < 4.78 is 8.63. The van der Waals surface area contributed by atoms with E-state index in [1.807, 2.05) is 19.9 Å². The minimum absolute atomic E-state index is 0.157. The number of halogens is 1. The summed E-state index contributed by atoms with van der Waals surface area (Å²) in [6.45, 7) is 6.79. The Hall–Kier alpha value is -1.33. The van der Waals surface area contributed by atoms with Gasteiger partial charge in [0.1, 0.15) is 6.54 Å². The van der Waals surface area contributed by atoms with Gasteiger partial charge < -0.3 is 14.6 Å². The molecular formula is C18H23BrN2O2. The van der Waals surface area contributed by atoms with Crippen LogP contribution in [0.3, 0.4) is 0 Å². The molecule has 0 radical (unpaired) electrons. The molecule has 0 saturated heterocycles. The largest absolute Gasteiger partial charge is 0.464 e. The summed E-state index contributed by atoms with van der Waals surface area (Å²) in [7, 11) is 0. The Morgan fingerprint density at radius 1 is 1.35 bits per heavy atom. The van der Waals surface area contributed by atoms with Gasteiger partial charge in [-0.25, -0.2) is 0 Å². The number of ether oxygens (including phenoxy) is 1. The molecule has 1 aliphatic heterocycles. The molecular weight excluding hydrogens is 356 g/mol. The number of fused-ring (bicyclic) bond motifs is 3. The average Bonchev–Trinajstić information content (AvgIpc) is 2.67. The monoisotopic (exact) mass is 378 g/mol. The topological polar surface area (TPSA) is 43.3 Å². The third-order valence-electron chi connectivity index (χ3n) is 4.21. The molecule has 4 nitrogen and oxygen atoms in total. The maximum absolute atomic E-state index is 12.2. The van der Waals surface area contributed by atoms with Crippen molar-refractivity contribution >= 4 is 32.8 Å². The molecule has 1 N–H and O–H groups in total. The fourth-order valence-electron chi connectivity index (χ4n) is 3.20. The zero-order valence-electron chi connectivity index (χ0n) is 13.7. The summed E-state index contributed by atoms with van der Waals surface area (Å²) >= 11 is 3.68. The minimum atomic E-state index is -0.157. The van der Waals surface area contributed by atoms with E-state index in [4.69, 9.17) is 4.74 Å². The van der Waals surface area contributed by atoms with Gasteiger partial charge in [0.2, 0.25) is 0 Å². The maximum Gasteiger partial charge on any atom is 0.325 e. The number of carbonyl (C=O) groups is 1. The smallest absolute Gasteiger partial charge is 0.325 e. The Morgan fingerprint density at radius 2 is 2.13 bits per heavy atom. The van der Waals surface area contributed by atoms with Gasteiger partial charge in [-0.1, -0.05) is 35.8 Å². The molecule has 124 valence electrons. The molecule has 0 unspecified atom stereocenters. The Labute approximate surface area is 145 Å². The summed E-state index contributed by atoms with van der Waals surface area (Å²) in [6.07, 6.45) is 1.93. The van der Waals surface area contributed by atoms with E-state index in [1.165, 1.54) is 16.6 Å². The highest BCUT2D eigenvalue weighted by Crippen LogP contribution is 2.33. The molecule has 1 aliphatic rings. The van der Waals surface area contributed by atoms with Crippen LogP contribution in [-0.2, 0) is 28.9 Å². The van der Waals surface area contributed by atoms with Crippen molar-refractivity contribution < 1.29 is 9.53 Å². The van der Waals surface area contributed by atoms with Gasteiger partial charge in [-0.05, 0) is 36.6 Å². The Bertz CT molecular complexity index is 721. The Balaban J connectivity index is 2.00. The first-order chi connectivity index (χ1) is 11.1. The highest BCUT2D eigenvalue weighted by Gasteiger charge is 2.22. The van der Waals surface area contributed by atoms with Gasteiger partial charge in [-0.3, -0.25) is 4.79 Å². The van der Waals surface area contributed by atoms with E-state index in [0.717, 1.165) is 35.9 Å². The number of benzene rings is 1. The number of nitrogens with zero attached hydrogens (tertiary/aromatic N) is 1. The van der Waals surface area contributed by atoms with E-state index in [1.54, 1.807) is 0 Å². The molecule has 0 bridgehead atoms. The second-order valence-electron chi connectivity index (χ2n) is 6.47. The molecule has 0 spiro atoms. The van der Waals surface area contributed by atoms with Gasteiger partial charge in [-0.2, -0.15) is 0 Å². The lowest BCUT2D eigenvalue weighted by Gasteiger charge is -2.12. The van der Waals surface area contributed by atoms with E-state index >= 15 is 0 Å². The first-order valence-electron chi connectivity index (χ1n) is 8.22. The van der Waals surface area contributed by atoms with Crippen molar-refractivity contribution in [2.45, 2.75) is 33.2 Å². The van der Waals surface area contributed by atoms with Crippen molar-refractivity contribution in [1.29, 1.82) is 0 Å². The summed E-state index contributed by atoms with van der Waals surface area (Å²) in [5.41, 5.74) is 3.74. The lowest BCUT2D eigenvalue weighted by Crippen LogP contribution is -2.20. The van der Waals surface area contributed by atoms with Crippen molar-refractivity contribution in [2.75, 3.05) is 19.7 Å². The minimum Gasteiger partial charge on any atom is -0.464 e. The quantitative estimate of drug-likeness (QED) is 0.830. The first kappa shape index (κ1) is 16.5. The fourth-order valence-corrected chi connectivity index (χ4v) is 3.80. The van der Waals surface area contributed by atoms with Crippen LogP contribution in [0.15, 0.2) is 22.7 Å². The number of hydrogen-bond acceptors (Lipinski definition) is 3. The van der Waals surface area contributed by atoms with Crippen LogP contribution in [0.5, 0.6) is 0 Å². The van der Waals surface area contributed by atoms with E-state index < -0.39 is 0 Å². The van der Waals surface area contributed by atoms with Gasteiger partial charge in [-0.15, -0.1) is 0 Å². The number of esters is 1. The molecule has 2 aromatic rings. The molecule has 2 heterocycles. The lowest BCUT2D eigenvalue weighted by molar-refractivity contribution is -0.145. The molecule has 0 saturated carbocycles. The van der Waals surface area contributed by atoms with Crippen LogP contribution in [0.4, 0.5) is 0 Å². The summed E-state index contributed by atoms with van der Waals surface area (Å²) in [4.78, 5) is 12.2. The zero-order chi connectivity index (χ0) is 16.4. The highest BCUT2D eigenvalue weighted by molar-refractivity contribution is 9.10. The Morgan fingerprint density at radius 3 is 2.91 bits per heavy atom. The lowest BCUT2D eigenvalue weighted by atomic mass is 10.1. The Kier molecular flexibility index (Phi) is 5.07. The molecule has 0 atom stereocenters. The van der Waals surface area contributed by atoms with Crippen molar-refractivity contribution in [3.05, 3.63) is 33.9 Å². The van der Waals surface area contributed by atoms with Gasteiger partial charge >= 0.3 is 5.97 Å². The van der Waals surface area contributed by atoms with Crippen LogP contribution >= 0.6 is 15.9 Å². The van der Waals surface area contributed by atoms with E-state index in [9.17, 15) is 4.79 Å². The molecule has 1 aromatic heterocycles. The molecule has 0 fully saturated rings. The summed E-state index contributed by atoms with van der Waals surface area (Å²) in [5, 5.41) is 4.68. The van der Waals surface area contributed by atoms with Crippen molar-refractivity contribution in [1.82, 2.24) is 9.88 Å². The number of aromatic nitrogens is 1. The van der Waals surface area contributed by atoms with Crippen LogP contribution < -0.4 is 5.32 Å². The number of nitrogens with one attached hydrogen (secondary N) is 1. The predicted octanol–water partition coefficient (Wildman–Crippen LogP) is 3.29. The molecule has 0 amide bonds. The second-order valence-corrected chi connectivity index (χ2v) is 7.33. The van der Waals surface area contributed by atoms with Gasteiger partial charge in [0.15, 0.2) is 0 Å². The van der Waals surface area contributed by atoms with Gasteiger partial charge in [0.05, 0.1) is 12.1 Å². The third kappa shape index (κ3) is 3.45. The van der Waals surface area contributed by atoms with E-state index in [-0.39, 0.29) is 12.5 Å². The standard InChI is InChI=1S/C18H23BrN2O2/c1-12(2)11-23-17(22)10-21-15-7-9-20-8-6-13(15)18-14(19)4-3-5-16(18)21/h3-5,12,20H,6-11H2,1-2H3. The van der Waals surface area contributed by atoms with Crippen LogP contribution in [0.25, 0.3) is 10.9 Å². The van der Waals surface area contributed by atoms with Crippen LogP contribution in [0, 0.1) is 5.92 Å². The number of rotatable bonds is 4. The second kappa shape index (κ2) is 7.05. The van der Waals surface area contributed by atoms with Crippen LogP contribution in [-0.4, -0.2) is 30.2 Å². The van der Waals surface area contributed by atoms with Crippen molar-refractivity contribution in [2.24, 2.45) is 5.92 Å². The first-order valence-corrected chi connectivity index (χ1v) is 9.02. The normalized spacial score (nSPS) is 14.8. The zero-order valence-corrected chi connectivity index (χ0v) is 15.3. The molecule has 1 aromatic carbocycles. The number of carbonyl (C=O) groups excluding carboxylic acids is 1. The fraction of sp³-hybridized carbons (Fsp3) is 0.500. The van der Waals surface area contributed by atoms with Crippen molar-refractivity contribution in [3.8, 4) is 0 Å². The van der Waals surface area contributed by atoms with E-state index in [0.29, 0.717) is 12.5 Å². The van der Waals surface area contributed by atoms with Gasteiger partial charge in [0.25, 0.3) is 0 Å². The highest BCUT2D eigenvalue weighted by atomic mass is 79.9. The third-order valence-corrected chi connectivity index (χ3v) is 4.87. The summed E-state index contributed by atoms with van der Waals surface area (Å²) in [5.74, 6) is 0.200. The molecule has 5 heteroatoms. The predicted molar refractivity (Wildman–Crippen MR) is 95.7 cm³/mol. The molecule has 3 rings (SSSR count). The molecule has 0 aliphatic carbocycles. The summed E-state index contributed by atoms with van der Waals surface area (Å²) in [6, 6.07) is 6.19. The molecule has 23 heavy (non-hydrogen) atoms. The maximum atomic E-state index is 12.2. The number of hydrogen-bond donors (Lipinski definition) is 1. The van der Waals surface area contributed by atoms with Gasteiger partial charge in [0, 0.05) is 28.5 Å². The van der Waals surface area contributed by atoms with Crippen LogP contribution in [0.2, 0.25) is 0 Å². The van der Waals surface area contributed by atoms with Crippen LogP contribution in [0.1, 0.15) is 25.1 Å².